The van der Waals surface area contributed by atoms with Crippen LogP contribution in [0.3, 0.4) is 0 Å². The van der Waals surface area contributed by atoms with Gasteiger partial charge in [-0.3, -0.25) is 15.5 Å². The number of rotatable bonds is 5. The van der Waals surface area contributed by atoms with Crippen LogP contribution in [0.25, 0.3) is 0 Å². The van der Waals surface area contributed by atoms with Crippen molar-refractivity contribution in [3.63, 3.8) is 0 Å². The maximum atomic E-state index is 10.9. The molecule has 0 spiro atoms. The van der Waals surface area contributed by atoms with E-state index in [9.17, 15) is 15.2 Å². The summed E-state index contributed by atoms with van der Waals surface area (Å²) in [4.78, 5) is 18.1. The van der Waals surface area contributed by atoms with E-state index in [0.717, 1.165) is 31.9 Å². The lowest BCUT2D eigenvalue weighted by atomic mass is 9.87. The van der Waals surface area contributed by atoms with Crippen molar-refractivity contribution in [1.82, 2.24) is 9.97 Å². The summed E-state index contributed by atoms with van der Waals surface area (Å²) in [6.07, 6.45) is 4.24. The van der Waals surface area contributed by atoms with Gasteiger partial charge in [0.2, 0.25) is 11.8 Å². The van der Waals surface area contributed by atoms with Crippen LogP contribution in [0, 0.1) is 16.0 Å². The topological polar surface area (TPSA) is 139 Å². The largest absolute Gasteiger partial charge is 0.393 e. The van der Waals surface area contributed by atoms with E-state index in [2.05, 4.69) is 20.7 Å². The molecule has 9 nitrogen and oxygen atoms in total. The van der Waals surface area contributed by atoms with Crippen LogP contribution in [-0.2, 0) is 0 Å². The lowest BCUT2D eigenvalue weighted by Gasteiger charge is -2.25. The highest BCUT2D eigenvalue weighted by Crippen LogP contribution is 2.26. The second kappa shape index (κ2) is 6.44. The normalized spacial score (nSPS) is 22.3. The zero-order chi connectivity index (χ0) is 14.5. The van der Waals surface area contributed by atoms with Crippen molar-refractivity contribution in [2.75, 3.05) is 17.3 Å². The van der Waals surface area contributed by atoms with Crippen molar-refractivity contribution in [2.45, 2.75) is 31.8 Å². The zero-order valence-corrected chi connectivity index (χ0v) is 11.0. The number of nitro groups is 1. The summed E-state index contributed by atoms with van der Waals surface area (Å²) in [6, 6.07) is 0. The van der Waals surface area contributed by atoms with E-state index in [-0.39, 0.29) is 23.6 Å². The highest BCUT2D eigenvalue weighted by Gasteiger charge is 2.22. The Morgan fingerprint density at radius 2 is 2.15 bits per heavy atom. The molecular weight excluding hydrogens is 264 g/mol. The van der Waals surface area contributed by atoms with Crippen molar-refractivity contribution in [3.05, 3.63) is 16.3 Å². The molecule has 0 atom stereocenters. The van der Waals surface area contributed by atoms with Crippen LogP contribution in [0.4, 0.5) is 17.5 Å². The van der Waals surface area contributed by atoms with Crippen LogP contribution in [0.5, 0.6) is 0 Å². The number of hydrogen-bond donors (Lipinski definition) is 4. The molecule has 1 saturated carbocycles. The monoisotopic (exact) mass is 282 g/mol. The minimum absolute atomic E-state index is 0.122. The van der Waals surface area contributed by atoms with Crippen molar-refractivity contribution >= 4 is 17.5 Å². The standard InChI is InChI=1S/C11H18N6O3/c12-16-11-14-6-9(17(19)20)10(15-11)13-5-7-1-3-8(18)4-2-7/h6-8,18H,1-5,12H2,(H2,13,14,15,16). The maximum Gasteiger partial charge on any atom is 0.329 e. The molecule has 0 bridgehead atoms. The third-order valence-electron chi connectivity index (χ3n) is 3.47. The quantitative estimate of drug-likeness (QED) is 0.350. The van der Waals surface area contributed by atoms with Crippen LogP contribution < -0.4 is 16.6 Å². The molecule has 2 rings (SSSR count). The predicted octanol–water partition coefficient (Wildman–Crippen LogP) is 0.633. The molecule has 0 amide bonds. The fraction of sp³-hybridized carbons (Fsp3) is 0.636. The summed E-state index contributed by atoms with van der Waals surface area (Å²) >= 11 is 0. The van der Waals surface area contributed by atoms with Crippen LogP contribution in [-0.4, -0.2) is 32.6 Å². The average Bonchev–Trinajstić information content (AvgIpc) is 2.46. The molecule has 0 aliphatic heterocycles. The maximum absolute atomic E-state index is 10.9. The van der Waals surface area contributed by atoms with Gasteiger partial charge in [-0.25, -0.2) is 10.8 Å². The smallest absolute Gasteiger partial charge is 0.329 e. The first kappa shape index (κ1) is 14.4. The van der Waals surface area contributed by atoms with Crippen molar-refractivity contribution in [1.29, 1.82) is 0 Å². The Morgan fingerprint density at radius 1 is 1.45 bits per heavy atom. The molecule has 1 aromatic rings. The summed E-state index contributed by atoms with van der Waals surface area (Å²) in [7, 11) is 0. The first-order valence-corrected chi connectivity index (χ1v) is 6.50. The number of nitrogens with one attached hydrogen (secondary N) is 2. The molecule has 5 N–H and O–H groups in total. The minimum atomic E-state index is -0.534. The van der Waals surface area contributed by atoms with Crippen LogP contribution in [0.2, 0.25) is 0 Å². The van der Waals surface area contributed by atoms with Gasteiger partial charge < -0.3 is 10.4 Å². The van der Waals surface area contributed by atoms with Crippen molar-refractivity contribution in [3.8, 4) is 0 Å². The highest BCUT2D eigenvalue weighted by molar-refractivity contribution is 5.56. The van der Waals surface area contributed by atoms with E-state index in [1.807, 2.05) is 0 Å². The molecule has 1 aliphatic rings. The van der Waals surface area contributed by atoms with Crippen molar-refractivity contribution < 1.29 is 10.0 Å². The molecule has 0 unspecified atom stereocenters. The Labute approximate surface area is 115 Å². The summed E-state index contributed by atoms with van der Waals surface area (Å²) in [5.41, 5.74) is 2.08. The van der Waals surface area contributed by atoms with Crippen LogP contribution in [0.1, 0.15) is 25.7 Å². The number of hydrogen-bond acceptors (Lipinski definition) is 8. The molecular formula is C11H18N6O3. The Hall–Kier alpha value is -2.00. The van der Waals surface area contributed by atoms with Gasteiger partial charge in [-0.15, -0.1) is 0 Å². The van der Waals surface area contributed by atoms with Crippen molar-refractivity contribution in [2.24, 2.45) is 11.8 Å². The zero-order valence-electron chi connectivity index (χ0n) is 11.0. The minimum Gasteiger partial charge on any atom is -0.393 e. The van der Waals surface area contributed by atoms with E-state index >= 15 is 0 Å². The Kier molecular flexibility index (Phi) is 4.64. The van der Waals surface area contributed by atoms with Gasteiger partial charge in [0.1, 0.15) is 6.20 Å². The van der Waals surface area contributed by atoms with E-state index in [1.165, 1.54) is 0 Å². The molecule has 20 heavy (non-hydrogen) atoms. The van der Waals surface area contributed by atoms with E-state index in [1.54, 1.807) is 0 Å². The number of nitrogen functional groups attached to an aromatic ring is 1. The molecule has 1 fully saturated rings. The molecule has 9 heteroatoms. The van der Waals surface area contributed by atoms with Crippen LogP contribution >= 0.6 is 0 Å². The number of aliphatic hydroxyl groups is 1. The molecule has 1 aromatic heterocycles. The lowest BCUT2D eigenvalue weighted by molar-refractivity contribution is -0.384. The van der Waals surface area contributed by atoms with Crippen LogP contribution in [0.15, 0.2) is 6.20 Å². The number of nitrogens with two attached hydrogens (primary N) is 1. The fourth-order valence-corrected chi connectivity index (χ4v) is 2.30. The van der Waals surface area contributed by atoms with Gasteiger partial charge in [0, 0.05) is 6.54 Å². The molecule has 1 aliphatic carbocycles. The van der Waals surface area contributed by atoms with Gasteiger partial charge >= 0.3 is 5.69 Å². The second-order valence-electron chi connectivity index (χ2n) is 4.88. The third kappa shape index (κ3) is 3.52. The molecule has 1 heterocycles. The van der Waals surface area contributed by atoms with Gasteiger partial charge in [0.25, 0.3) is 0 Å². The lowest BCUT2D eigenvalue weighted by Crippen LogP contribution is -2.24. The number of aromatic nitrogens is 2. The average molecular weight is 282 g/mol. The third-order valence-corrected chi connectivity index (χ3v) is 3.47. The fourth-order valence-electron chi connectivity index (χ4n) is 2.30. The summed E-state index contributed by atoms with van der Waals surface area (Å²) in [5.74, 6) is 5.85. The summed E-state index contributed by atoms with van der Waals surface area (Å²) in [5, 5.41) is 23.3. The Morgan fingerprint density at radius 3 is 2.75 bits per heavy atom. The molecule has 110 valence electrons. The SMILES string of the molecule is NNc1ncc([N+](=O)[O-])c(NCC2CCC(O)CC2)n1. The second-order valence-corrected chi connectivity index (χ2v) is 4.88. The number of nitrogens with zero attached hydrogens (tertiary/aromatic N) is 3. The van der Waals surface area contributed by atoms with Gasteiger partial charge in [0.15, 0.2) is 0 Å². The first-order chi connectivity index (χ1) is 9.60. The first-order valence-electron chi connectivity index (χ1n) is 6.50. The Balaban J connectivity index is 2.02. The highest BCUT2D eigenvalue weighted by atomic mass is 16.6. The van der Waals surface area contributed by atoms with Gasteiger partial charge in [-0.2, -0.15) is 4.98 Å². The number of anilines is 2. The number of aliphatic hydroxyl groups excluding tert-OH is 1. The Bertz CT molecular complexity index is 475. The number of hydrazine groups is 1. The summed E-state index contributed by atoms with van der Waals surface area (Å²) < 4.78 is 0. The molecule has 0 saturated heterocycles. The van der Waals surface area contributed by atoms with Gasteiger partial charge in [0.05, 0.1) is 11.0 Å². The summed E-state index contributed by atoms with van der Waals surface area (Å²) in [6.45, 7) is 0.578. The molecule has 0 radical (unpaired) electrons. The van der Waals surface area contributed by atoms with E-state index < -0.39 is 4.92 Å². The van der Waals surface area contributed by atoms with E-state index in [0.29, 0.717) is 12.5 Å². The van der Waals surface area contributed by atoms with Gasteiger partial charge in [-0.05, 0) is 31.6 Å². The van der Waals surface area contributed by atoms with Gasteiger partial charge in [-0.1, -0.05) is 0 Å². The predicted molar refractivity (Wildman–Crippen MR) is 73.0 cm³/mol. The molecule has 0 aromatic carbocycles. The van der Waals surface area contributed by atoms with E-state index in [4.69, 9.17) is 5.84 Å².